The first-order chi connectivity index (χ1) is 8.16. The van der Waals surface area contributed by atoms with E-state index in [-0.39, 0.29) is 0 Å². The molecule has 17 heavy (non-hydrogen) atoms. The van der Waals surface area contributed by atoms with Crippen molar-refractivity contribution in [3.05, 3.63) is 23.8 Å². The lowest BCUT2D eigenvalue weighted by Gasteiger charge is -1.96. The highest BCUT2D eigenvalue weighted by Gasteiger charge is 2.15. The van der Waals surface area contributed by atoms with Gasteiger partial charge in [0.15, 0.2) is 5.65 Å². The predicted molar refractivity (Wildman–Crippen MR) is 60.6 cm³/mol. The molecule has 7 heteroatoms. The van der Waals surface area contributed by atoms with E-state index >= 15 is 0 Å². The summed E-state index contributed by atoms with van der Waals surface area (Å²) < 4.78 is 6.88. The average molecular weight is 230 g/mol. The maximum atomic E-state index is 5.89. The van der Waals surface area contributed by atoms with Gasteiger partial charge in [0.05, 0.1) is 11.1 Å². The van der Waals surface area contributed by atoms with Crippen molar-refractivity contribution in [2.24, 2.45) is 0 Å². The first-order valence-electron chi connectivity index (χ1n) is 5.07. The van der Waals surface area contributed by atoms with Crippen LogP contribution in [-0.2, 0) is 0 Å². The van der Waals surface area contributed by atoms with E-state index in [0.717, 1.165) is 11.1 Å². The van der Waals surface area contributed by atoms with Gasteiger partial charge in [0, 0.05) is 18.8 Å². The van der Waals surface area contributed by atoms with E-state index in [1.165, 1.54) is 0 Å². The summed E-state index contributed by atoms with van der Waals surface area (Å²) in [5.74, 6) is 0.486. The smallest absolute Gasteiger partial charge is 0.343 e. The van der Waals surface area contributed by atoms with Crippen molar-refractivity contribution in [3.8, 4) is 6.01 Å². The third kappa shape index (κ3) is 1.36. The van der Waals surface area contributed by atoms with Crippen molar-refractivity contribution in [1.82, 2.24) is 25.0 Å². The zero-order valence-electron chi connectivity index (χ0n) is 9.38. The van der Waals surface area contributed by atoms with Crippen molar-refractivity contribution in [3.63, 3.8) is 0 Å². The Morgan fingerprint density at radius 2 is 2.12 bits per heavy atom. The summed E-state index contributed by atoms with van der Waals surface area (Å²) >= 11 is 0. The van der Waals surface area contributed by atoms with Crippen molar-refractivity contribution in [2.75, 3.05) is 5.73 Å². The fraction of sp³-hybridized carbons (Fsp3) is 0.200. The lowest BCUT2D eigenvalue weighted by atomic mass is 10.2. The Morgan fingerprint density at radius 1 is 1.29 bits per heavy atom. The highest BCUT2D eigenvalue weighted by molar-refractivity contribution is 5.90. The van der Waals surface area contributed by atoms with E-state index < -0.39 is 0 Å². The molecule has 0 aromatic carbocycles. The Labute approximate surface area is 96.3 Å². The second-order valence-electron chi connectivity index (χ2n) is 3.70. The lowest BCUT2D eigenvalue weighted by molar-refractivity contribution is 0.480. The molecule has 7 nitrogen and oxygen atoms in total. The summed E-state index contributed by atoms with van der Waals surface area (Å²) in [4.78, 5) is 4.15. The molecule has 0 atom stereocenters. The topological polar surface area (TPSA) is 95.7 Å². The molecule has 0 fully saturated rings. The third-order valence-corrected chi connectivity index (χ3v) is 2.53. The molecule has 3 heterocycles. The van der Waals surface area contributed by atoms with Gasteiger partial charge in [-0.05, 0) is 13.0 Å². The number of fused-ring (bicyclic) bond motifs is 1. The van der Waals surface area contributed by atoms with E-state index in [1.807, 2.05) is 6.92 Å². The Kier molecular flexibility index (Phi) is 1.88. The molecule has 0 aliphatic carbocycles. The molecule has 0 bridgehead atoms. The number of aromatic nitrogens is 5. The zero-order chi connectivity index (χ0) is 12.0. The molecule has 0 saturated carbocycles. The predicted octanol–water partition coefficient (Wildman–Crippen LogP) is 1.00. The molecule has 0 spiro atoms. The summed E-state index contributed by atoms with van der Waals surface area (Å²) in [6, 6.07) is 2.05. The van der Waals surface area contributed by atoms with Gasteiger partial charge in [-0.15, -0.1) is 10.2 Å². The van der Waals surface area contributed by atoms with Crippen LogP contribution in [0.25, 0.3) is 17.0 Å². The summed E-state index contributed by atoms with van der Waals surface area (Å²) in [6.07, 6.45) is 1.62. The molecule has 3 aromatic rings. The molecular weight excluding hydrogens is 220 g/mol. The Bertz CT molecular complexity index is 698. The molecule has 3 rings (SSSR count). The number of nitrogens with two attached hydrogens (primary N) is 1. The number of hydrogen-bond acceptors (Lipinski definition) is 6. The SMILES string of the molecule is Cc1nnc(-n2nc3nccc(N)c3c2C)o1. The van der Waals surface area contributed by atoms with Crippen LogP contribution < -0.4 is 5.73 Å². The quantitative estimate of drug-likeness (QED) is 0.670. The van der Waals surface area contributed by atoms with Gasteiger partial charge in [-0.25, -0.2) is 4.98 Å². The number of hydrogen-bond donors (Lipinski definition) is 1. The normalized spacial score (nSPS) is 11.2. The van der Waals surface area contributed by atoms with Gasteiger partial charge >= 0.3 is 6.01 Å². The molecule has 0 aliphatic heterocycles. The molecule has 0 radical (unpaired) electrons. The van der Waals surface area contributed by atoms with Crippen LogP contribution in [0, 0.1) is 13.8 Å². The minimum absolute atomic E-state index is 0.317. The van der Waals surface area contributed by atoms with Crippen molar-refractivity contribution in [1.29, 1.82) is 0 Å². The van der Waals surface area contributed by atoms with Crippen LogP contribution >= 0.6 is 0 Å². The summed E-state index contributed by atoms with van der Waals surface area (Å²) in [6.45, 7) is 3.61. The van der Waals surface area contributed by atoms with Gasteiger partial charge in [0.2, 0.25) is 5.89 Å². The van der Waals surface area contributed by atoms with Crippen LogP contribution in [0.4, 0.5) is 5.69 Å². The minimum Gasteiger partial charge on any atom is -0.407 e. The van der Waals surface area contributed by atoms with Crippen LogP contribution in [0.3, 0.4) is 0 Å². The molecule has 0 saturated heterocycles. The number of nitrogen functional groups attached to an aromatic ring is 1. The van der Waals surface area contributed by atoms with Gasteiger partial charge in [-0.3, -0.25) is 0 Å². The Morgan fingerprint density at radius 3 is 2.76 bits per heavy atom. The number of nitrogens with zero attached hydrogens (tertiary/aromatic N) is 5. The first-order valence-corrected chi connectivity index (χ1v) is 5.07. The van der Waals surface area contributed by atoms with E-state index in [9.17, 15) is 0 Å². The highest BCUT2D eigenvalue weighted by Crippen LogP contribution is 2.23. The molecule has 0 aliphatic rings. The van der Waals surface area contributed by atoms with Crippen LogP contribution in [0.5, 0.6) is 0 Å². The van der Waals surface area contributed by atoms with Crippen molar-refractivity contribution in [2.45, 2.75) is 13.8 Å². The fourth-order valence-electron chi connectivity index (χ4n) is 1.75. The fourth-order valence-corrected chi connectivity index (χ4v) is 1.75. The lowest BCUT2D eigenvalue weighted by Crippen LogP contribution is -1.99. The molecule has 3 aromatic heterocycles. The van der Waals surface area contributed by atoms with Crippen LogP contribution in [0.15, 0.2) is 16.7 Å². The van der Waals surface area contributed by atoms with E-state index in [4.69, 9.17) is 10.2 Å². The second-order valence-corrected chi connectivity index (χ2v) is 3.70. The highest BCUT2D eigenvalue weighted by atomic mass is 16.4. The van der Waals surface area contributed by atoms with Crippen molar-refractivity contribution >= 4 is 16.7 Å². The average Bonchev–Trinajstić information content (AvgIpc) is 2.84. The van der Waals surface area contributed by atoms with Crippen molar-refractivity contribution < 1.29 is 4.42 Å². The summed E-state index contributed by atoms with van der Waals surface area (Å²) in [5, 5.41) is 12.8. The van der Waals surface area contributed by atoms with Gasteiger partial charge in [0.1, 0.15) is 0 Å². The van der Waals surface area contributed by atoms with Gasteiger partial charge in [-0.2, -0.15) is 4.68 Å². The second kappa shape index (κ2) is 3.27. The summed E-state index contributed by atoms with van der Waals surface area (Å²) in [5.41, 5.74) is 7.92. The maximum Gasteiger partial charge on any atom is 0.343 e. The molecule has 0 amide bonds. The first kappa shape index (κ1) is 9.76. The minimum atomic E-state index is 0.317. The van der Waals surface area contributed by atoms with E-state index in [0.29, 0.717) is 23.2 Å². The summed E-state index contributed by atoms with van der Waals surface area (Å²) in [7, 11) is 0. The van der Waals surface area contributed by atoms with Gasteiger partial charge in [-0.1, -0.05) is 5.10 Å². The maximum absolute atomic E-state index is 5.89. The standard InChI is InChI=1S/C10H10N6O/c1-5-8-7(11)3-4-12-9(8)15-16(5)10-14-13-6(2)17-10/h3-4H,11H2,1-2H3. The van der Waals surface area contributed by atoms with Gasteiger partial charge in [0.25, 0.3) is 0 Å². The monoisotopic (exact) mass is 230 g/mol. The molecular formula is C10H10N6O. The third-order valence-electron chi connectivity index (χ3n) is 2.53. The van der Waals surface area contributed by atoms with Crippen LogP contribution in [0.2, 0.25) is 0 Å². The van der Waals surface area contributed by atoms with E-state index in [2.05, 4.69) is 20.3 Å². The molecule has 2 N–H and O–H groups in total. The molecule has 0 unspecified atom stereocenters. The Hall–Kier alpha value is -2.44. The number of rotatable bonds is 1. The van der Waals surface area contributed by atoms with E-state index in [1.54, 1.807) is 23.9 Å². The van der Waals surface area contributed by atoms with Gasteiger partial charge < -0.3 is 10.2 Å². The van der Waals surface area contributed by atoms with Crippen LogP contribution in [-0.4, -0.2) is 25.0 Å². The number of aryl methyl sites for hydroxylation is 2. The largest absolute Gasteiger partial charge is 0.407 e. The number of anilines is 1. The Balaban J connectivity index is 2.32. The zero-order valence-corrected chi connectivity index (χ0v) is 9.38. The number of pyridine rings is 1. The molecule has 86 valence electrons. The van der Waals surface area contributed by atoms with Crippen LogP contribution in [0.1, 0.15) is 11.6 Å².